The molecule has 0 aromatic heterocycles. The minimum Gasteiger partial charge on any atom is -0.469 e. The summed E-state index contributed by atoms with van der Waals surface area (Å²) in [5.41, 5.74) is 0. The third-order valence-electron chi connectivity index (χ3n) is 3.87. The minimum absolute atomic E-state index is 0.0128. The van der Waals surface area contributed by atoms with E-state index >= 15 is 0 Å². The maximum atomic E-state index is 12.2. The van der Waals surface area contributed by atoms with Gasteiger partial charge in [0.05, 0.1) is 13.0 Å². The monoisotopic (exact) mass is 270 g/mol. The summed E-state index contributed by atoms with van der Waals surface area (Å²) in [7, 11) is 7.28. The van der Waals surface area contributed by atoms with Crippen LogP contribution in [-0.2, 0) is 14.3 Å². The Morgan fingerprint density at radius 1 is 1.00 bits per heavy atom. The summed E-state index contributed by atoms with van der Waals surface area (Å²) in [4.78, 5) is 27.6. The van der Waals surface area contributed by atoms with Crippen molar-refractivity contribution in [2.45, 2.75) is 25.7 Å². The SMILES string of the molecule is COC(=O)[C@H]1CC[C@H](C(=O)N(C)CCN(C)C)CC1. The maximum Gasteiger partial charge on any atom is 0.308 e. The Morgan fingerprint density at radius 2 is 1.53 bits per heavy atom. The summed E-state index contributed by atoms with van der Waals surface area (Å²) >= 11 is 0. The van der Waals surface area contributed by atoms with Gasteiger partial charge in [0.2, 0.25) is 5.91 Å². The van der Waals surface area contributed by atoms with Crippen molar-refractivity contribution in [3.05, 3.63) is 0 Å². The van der Waals surface area contributed by atoms with E-state index in [-0.39, 0.29) is 23.7 Å². The lowest BCUT2D eigenvalue weighted by Gasteiger charge is -2.29. The van der Waals surface area contributed by atoms with Crippen LogP contribution in [0.25, 0.3) is 0 Å². The zero-order valence-corrected chi connectivity index (χ0v) is 12.5. The van der Waals surface area contributed by atoms with Crippen LogP contribution >= 0.6 is 0 Å². The first kappa shape index (κ1) is 16.0. The molecule has 1 saturated carbocycles. The third-order valence-corrected chi connectivity index (χ3v) is 3.87. The molecule has 1 aliphatic rings. The van der Waals surface area contributed by atoms with Crippen molar-refractivity contribution in [2.24, 2.45) is 11.8 Å². The summed E-state index contributed by atoms with van der Waals surface area (Å²) in [5, 5.41) is 0. The van der Waals surface area contributed by atoms with Crippen LogP contribution in [0.3, 0.4) is 0 Å². The topological polar surface area (TPSA) is 49.9 Å². The van der Waals surface area contributed by atoms with Crippen molar-refractivity contribution >= 4 is 11.9 Å². The number of amides is 1. The summed E-state index contributed by atoms with van der Waals surface area (Å²) < 4.78 is 4.76. The average molecular weight is 270 g/mol. The Kier molecular flexibility index (Phi) is 6.28. The molecule has 110 valence electrons. The van der Waals surface area contributed by atoms with Gasteiger partial charge in [-0.1, -0.05) is 0 Å². The lowest BCUT2D eigenvalue weighted by atomic mass is 9.81. The second-order valence-electron chi connectivity index (χ2n) is 5.63. The number of methoxy groups -OCH3 is 1. The normalized spacial score (nSPS) is 23.2. The first-order valence-electron chi connectivity index (χ1n) is 6.93. The number of esters is 1. The lowest BCUT2D eigenvalue weighted by molar-refractivity contribution is -0.148. The van der Waals surface area contributed by atoms with Gasteiger partial charge in [-0.15, -0.1) is 0 Å². The molecule has 0 spiro atoms. The van der Waals surface area contributed by atoms with Gasteiger partial charge in [-0.2, -0.15) is 0 Å². The highest BCUT2D eigenvalue weighted by Crippen LogP contribution is 2.30. The fourth-order valence-electron chi connectivity index (χ4n) is 2.51. The van der Waals surface area contributed by atoms with Crippen molar-refractivity contribution in [2.75, 3.05) is 41.3 Å². The van der Waals surface area contributed by atoms with Crippen LogP contribution in [-0.4, -0.2) is 63.0 Å². The molecule has 0 saturated heterocycles. The third kappa shape index (κ3) is 4.82. The summed E-state index contributed by atoms with van der Waals surface area (Å²) in [6.07, 6.45) is 3.13. The molecule has 0 unspecified atom stereocenters. The summed E-state index contributed by atoms with van der Waals surface area (Å²) in [6.45, 7) is 1.63. The molecule has 1 aliphatic carbocycles. The molecule has 1 amide bonds. The molecular weight excluding hydrogens is 244 g/mol. The zero-order valence-electron chi connectivity index (χ0n) is 12.5. The van der Waals surface area contributed by atoms with E-state index in [0.29, 0.717) is 0 Å². The van der Waals surface area contributed by atoms with Crippen LogP contribution in [0.5, 0.6) is 0 Å². The molecule has 1 rings (SSSR count). The molecule has 0 aliphatic heterocycles. The molecule has 0 bridgehead atoms. The smallest absolute Gasteiger partial charge is 0.308 e. The van der Waals surface area contributed by atoms with Gasteiger partial charge >= 0.3 is 5.97 Å². The molecule has 5 heteroatoms. The van der Waals surface area contributed by atoms with Crippen molar-refractivity contribution in [1.29, 1.82) is 0 Å². The average Bonchev–Trinajstić information content (AvgIpc) is 2.43. The Bertz CT molecular complexity index is 310. The van der Waals surface area contributed by atoms with Gasteiger partial charge < -0.3 is 14.5 Å². The number of hydrogen-bond acceptors (Lipinski definition) is 4. The lowest BCUT2D eigenvalue weighted by Crippen LogP contribution is -2.39. The molecule has 0 aromatic rings. The highest BCUT2D eigenvalue weighted by molar-refractivity contribution is 5.79. The minimum atomic E-state index is -0.133. The van der Waals surface area contributed by atoms with E-state index in [1.165, 1.54) is 7.11 Å². The van der Waals surface area contributed by atoms with Crippen molar-refractivity contribution in [1.82, 2.24) is 9.80 Å². The van der Waals surface area contributed by atoms with Gasteiger partial charge in [-0.25, -0.2) is 0 Å². The van der Waals surface area contributed by atoms with Gasteiger partial charge in [0, 0.05) is 26.1 Å². The summed E-state index contributed by atoms with van der Waals surface area (Å²) in [5.74, 6) is 0.145. The van der Waals surface area contributed by atoms with Gasteiger partial charge in [0.25, 0.3) is 0 Å². The van der Waals surface area contributed by atoms with Crippen molar-refractivity contribution in [3.63, 3.8) is 0 Å². The van der Waals surface area contributed by atoms with E-state index in [9.17, 15) is 9.59 Å². The zero-order chi connectivity index (χ0) is 14.4. The fraction of sp³-hybridized carbons (Fsp3) is 0.857. The van der Waals surface area contributed by atoms with Gasteiger partial charge in [-0.3, -0.25) is 9.59 Å². The first-order valence-corrected chi connectivity index (χ1v) is 6.93. The molecular formula is C14H26N2O3. The van der Waals surface area contributed by atoms with E-state index in [4.69, 9.17) is 4.74 Å². The van der Waals surface area contributed by atoms with E-state index in [1.807, 2.05) is 26.0 Å². The largest absolute Gasteiger partial charge is 0.469 e. The number of likely N-dealkylation sites (N-methyl/N-ethyl adjacent to an activating group) is 2. The predicted octanol–water partition coefficient (Wildman–Crippen LogP) is 0.986. The van der Waals surface area contributed by atoms with Gasteiger partial charge in [-0.05, 0) is 39.8 Å². The van der Waals surface area contributed by atoms with Crippen molar-refractivity contribution < 1.29 is 14.3 Å². The second-order valence-corrected chi connectivity index (χ2v) is 5.63. The number of hydrogen-bond donors (Lipinski definition) is 0. The van der Waals surface area contributed by atoms with E-state index in [1.54, 1.807) is 0 Å². The molecule has 0 radical (unpaired) electrons. The van der Waals surface area contributed by atoms with Crippen LogP contribution in [0.4, 0.5) is 0 Å². The van der Waals surface area contributed by atoms with E-state index < -0.39 is 0 Å². The molecule has 0 heterocycles. The van der Waals surface area contributed by atoms with Crippen LogP contribution in [0.15, 0.2) is 0 Å². The van der Waals surface area contributed by atoms with Crippen LogP contribution in [0.1, 0.15) is 25.7 Å². The van der Waals surface area contributed by atoms with Crippen molar-refractivity contribution in [3.8, 4) is 0 Å². The Hall–Kier alpha value is -1.10. The van der Waals surface area contributed by atoms with Crippen LogP contribution in [0.2, 0.25) is 0 Å². The highest BCUT2D eigenvalue weighted by atomic mass is 16.5. The van der Waals surface area contributed by atoms with Gasteiger partial charge in [0.15, 0.2) is 0 Å². The molecule has 19 heavy (non-hydrogen) atoms. The molecule has 5 nitrogen and oxygen atoms in total. The number of ether oxygens (including phenoxy) is 1. The van der Waals surface area contributed by atoms with Crippen LogP contribution < -0.4 is 0 Å². The highest BCUT2D eigenvalue weighted by Gasteiger charge is 2.31. The number of carbonyl (C=O) groups is 2. The standard InChI is InChI=1S/C14H26N2O3/c1-15(2)9-10-16(3)13(17)11-5-7-12(8-6-11)14(18)19-4/h11-12H,5-10H2,1-4H3/t11-,12-. The van der Waals surface area contributed by atoms with E-state index in [0.717, 1.165) is 38.8 Å². The van der Waals surface area contributed by atoms with E-state index in [2.05, 4.69) is 4.90 Å². The Labute approximate surface area is 115 Å². The summed E-state index contributed by atoms with van der Waals surface area (Å²) in [6, 6.07) is 0. The fourth-order valence-corrected chi connectivity index (χ4v) is 2.51. The molecule has 0 N–H and O–H groups in total. The Balaban J connectivity index is 2.38. The van der Waals surface area contributed by atoms with Crippen LogP contribution in [0, 0.1) is 11.8 Å². The number of nitrogens with zero attached hydrogens (tertiary/aromatic N) is 2. The molecule has 1 fully saturated rings. The second kappa shape index (κ2) is 7.48. The molecule has 0 atom stereocenters. The number of carbonyl (C=O) groups excluding carboxylic acids is 2. The Morgan fingerprint density at radius 3 is 2.00 bits per heavy atom. The van der Waals surface area contributed by atoms with Gasteiger partial charge in [0.1, 0.15) is 0 Å². The maximum absolute atomic E-state index is 12.2. The predicted molar refractivity (Wildman–Crippen MR) is 73.7 cm³/mol. The molecule has 0 aromatic carbocycles. The number of rotatable bonds is 5. The quantitative estimate of drug-likeness (QED) is 0.699. The first-order chi connectivity index (χ1) is 8.95.